The van der Waals surface area contributed by atoms with Crippen molar-refractivity contribution in [3.8, 4) is 17.1 Å². The number of aromatic nitrogens is 4. The van der Waals surface area contributed by atoms with Crippen LogP contribution in [-0.2, 0) is 6.18 Å². The zero-order valence-corrected chi connectivity index (χ0v) is 18.2. The Labute approximate surface area is 194 Å². The average molecular weight is 459 g/mol. The van der Waals surface area contributed by atoms with Crippen LogP contribution in [-0.4, -0.2) is 19.5 Å². The Morgan fingerprint density at radius 2 is 1.56 bits per heavy atom. The Hall–Kier alpha value is -4.20. The minimum atomic E-state index is -4.52. The van der Waals surface area contributed by atoms with Crippen molar-refractivity contribution in [3.63, 3.8) is 0 Å². The second-order valence-electron chi connectivity index (χ2n) is 7.86. The van der Waals surface area contributed by atoms with Crippen molar-refractivity contribution >= 4 is 17.0 Å². The lowest BCUT2D eigenvalue weighted by atomic mass is 10.0. The Morgan fingerprint density at radius 3 is 2.35 bits per heavy atom. The molecule has 0 bridgehead atoms. The Balaban J connectivity index is 1.66. The van der Waals surface area contributed by atoms with Crippen molar-refractivity contribution in [2.24, 2.45) is 0 Å². The number of hydrogen-bond acceptors (Lipinski definition) is 4. The predicted molar refractivity (Wildman–Crippen MR) is 126 cm³/mol. The Bertz CT molecular complexity index is 1440. The van der Waals surface area contributed by atoms with Gasteiger partial charge in [0.05, 0.1) is 28.3 Å². The zero-order chi connectivity index (χ0) is 23.7. The van der Waals surface area contributed by atoms with E-state index in [-0.39, 0.29) is 23.2 Å². The van der Waals surface area contributed by atoms with E-state index in [4.69, 9.17) is 0 Å². The van der Waals surface area contributed by atoms with Crippen LogP contribution in [0.5, 0.6) is 0 Å². The first-order chi connectivity index (χ1) is 16.4. The molecule has 0 fully saturated rings. The van der Waals surface area contributed by atoms with Crippen LogP contribution in [0.2, 0.25) is 0 Å². The molecule has 0 aliphatic carbocycles. The monoisotopic (exact) mass is 459 g/mol. The van der Waals surface area contributed by atoms with Crippen molar-refractivity contribution in [2.45, 2.75) is 19.1 Å². The third-order valence-electron chi connectivity index (χ3n) is 5.57. The van der Waals surface area contributed by atoms with Gasteiger partial charge in [0.25, 0.3) is 0 Å². The van der Waals surface area contributed by atoms with Crippen LogP contribution in [0.1, 0.15) is 24.1 Å². The lowest BCUT2D eigenvalue weighted by molar-refractivity contribution is -0.137. The third kappa shape index (κ3) is 4.22. The van der Waals surface area contributed by atoms with Gasteiger partial charge in [0, 0.05) is 11.6 Å². The number of para-hydroxylation sites is 2. The molecule has 3 aromatic carbocycles. The zero-order valence-electron chi connectivity index (χ0n) is 18.2. The van der Waals surface area contributed by atoms with Crippen LogP contribution in [0, 0.1) is 0 Å². The second-order valence-corrected chi connectivity index (χ2v) is 7.86. The summed E-state index contributed by atoms with van der Waals surface area (Å²) < 4.78 is 43.1. The summed E-state index contributed by atoms with van der Waals surface area (Å²) in [6.07, 6.45) is -2.91. The summed E-state index contributed by atoms with van der Waals surface area (Å²) in [6, 6.07) is 24.0. The molecule has 34 heavy (non-hydrogen) atoms. The molecule has 0 spiro atoms. The number of imidazole rings is 1. The Morgan fingerprint density at radius 1 is 0.853 bits per heavy atom. The molecule has 0 amide bonds. The molecule has 0 saturated carbocycles. The van der Waals surface area contributed by atoms with Crippen LogP contribution in [0.4, 0.5) is 19.1 Å². The summed E-state index contributed by atoms with van der Waals surface area (Å²) in [5.74, 6) is 0.636. The first-order valence-electron chi connectivity index (χ1n) is 10.7. The summed E-state index contributed by atoms with van der Waals surface area (Å²) in [7, 11) is 0. The molecule has 8 heteroatoms. The van der Waals surface area contributed by atoms with Gasteiger partial charge in [-0.2, -0.15) is 18.2 Å². The fraction of sp³-hybridized carbons (Fsp3) is 0.115. The number of benzene rings is 3. The highest BCUT2D eigenvalue weighted by atomic mass is 19.4. The molecular formula is C26H20F3N5. The molecule has 5 aromatic rings. The first-order valence-corrected chi connectivity index (χ1v) is 10.7. The first kappa shape index (κ1) is 21.6. The molecule has 1 N–H and O–H groups in total. The van der Waals surface area contributed by atoms with Gasteiger partial charge in [-0.15, -0.1) is 0 Å². The molecule has 0 saturated heterocycles. The molecule has 0 aliphatic rings. The van der Waals surface area contributed by atoms with Gasteiger partial charge < -0.3 is 5.32 Å². The number of halogens is 3. The van der Waals surface area contributed by atoms with E-state index in [1.54, 1.807) is 23.0 Å². The van der Waals surface area contributed by atoms with E-state index >= 15 is 0 Å². The van der Waals surface area contributed by atoms with Gasteiger partial charge in [0.1, 0.15) is 12.1 Å². The molecule has 5 nitrogen and oxygen atoms in total. The standard InChI is InChI=1S/C26H20F3N5/c1-17(18-9-3-2-4-10-18)31-25-32-22(19-11-5-6-12-20(19)26(27,28)29)15-24(33-25)34-16-30-21-13-7-8-14-23(21)34/h2-17H,1H3,(H,31,32,33). The van der Waals surface area contributed by atoms with Gasteiger partial charge >= 0.3 is 6.18 Å². The van der Waals surface area contributed by atoms with E-state index in [1.165, 1.54) is 12.1 Å². The fourth-order valence-corrected chi connectivity index (χ4v) is 3.87. The highest BCUT2D eigenvalue weighted by Gasteiger charge is 2.34. The van der Waals surface area contributed by atoms with Gasteiger partial charge in [-0.1, -0.05) is 60.7 Å². The number of alkyl halides is 3. The molecular weight excluding hydrogens is 439 g/mol. The van der Waals surface area contributed by atoms with Crippen molar-refractivity contribution in [3.05, 3.63) is 102 Å². The predicted octanol–water partition coefficient (Wildman–Crippen LogP) is 6.67. The quantitative estimate of drug-likeness (QED) is 0.319. The maximum absolute atomic E-state index is 13.8. The summed E-state index contributed by atoms with van der Waals surface area (Å²) >= 11 is 0. The maximum atomic E-state index is 13.8. The van der Waals surface area contributed by atoms with E-state index in [0.717, 1.165) is 22.7 Å². The number of hydrogen-bond donors (Lipinski definition) is 1. The highest BCUT2D eigenvalue weighted by Crippen LogP contribution is 2.37. The number of rotatable bonds is 5. The maximum Gasteiger partial charge on any atom is 0.417 e. The summed E-state index contributed by atoms with van der Waals surface area (Å²) in [5.41, 5.74) is 1.94. The number of anilines is 1. The number of nitrogens with one attached hydrogen (secondary N) is 1. The van der Waals surface area contributed by atoms with Gasteiger partial charge in [0.15, 0.2) is 0 Å². The molecule has 0 radical (unpaired) electrons. The SMILES string of the molecule is CC(Nc1nc(-c2ccccc2C(F)(F)F)cc(-n2cnc3ccccc32)n1)c1ccccc1. The minimum absolute atomic E-state index is 0.0153. The van der Waals surface area contributed by atoms with Crippen LogP contribution in [0.3, 0.4) is 0 Å². The number of nitrogens with zero attached hydrogens (tertiary/aromatic N) is 4. The molecule has 1 atom stereocenters. The van der Waals surface area contributed by atoms with E-state index in [0.29, 0.717) is 5.82 Å². The smallest absolute Gasteiger partial charge is 0.348 e. The molecule has 170 valence electrons. The summed E-state index contributed by atoms with van der Waals surface area (Å²) in [5, 5.41) is 3.24. The molecule has 2 aromatic heterocycles. The topological polar surface area (TPSA) is 55.6 Å². The Kier molecular flexibility index (Phi) is 5.49. The summed E-state index contributed by atoms with van der Waals surface area (Å²) in [6.45, 7) is 1.95. The van der Waals surface area contributed by atoms with Crippen molar-refractivity contribution < 1.29 is 13.2 Å². The van der Waals surface area contributed by atoms with Gasteiger partial charge in [0.2, 0.25) is 5.95 Å². The van der Waals surface area contributed by atoms with Gasteiger partial charge in [-0.3, -0.25) is 4.57 Å². The molecule has 0 aliphatic heterocycles. The van der Waals surface area contributed by atoms with Crippen LogP contribution in [0.15, 0.2) is 91.3 Å². The van der Waals surface area contributed by atoms with Crippen LogP contribution in [0.25, 0.3) is 28.1 Å². The van der Waals surface area contributed by atoms with E-state index < -0.39 is 11.7 Å². The fourth-order valence-electron chi connectivity index (χ4n) is 3.87. The highest BCUT2D eigenvalue weighted by molar-refractivity contribution is 5.77. The summed E-state index contributed by atoms with van der Waals surface area (Å²) in [4.78, 5) is 13.5. The third-order valence-corrected chi connectivity index (χ3v) is 5.57. The lowest BCUT2D eigenvalue weighted by Gasteiger charge is -2.17. The van der Waals surface area contributed by atoms with Crippen LogP contribution < -0.4 is 5.32 Å². The lowest BCUT2D eigenvalue weighted by Crippen LogP contribution is -2.12. The average Bonchev–Trinajstić information content (AvgIpc) is 3.28. The van der Waals surface area contributed by atoms with E-state index in [1.807, 2.05) is 61.5 Å². The largest absolute Gasteiger partial charge is 0.417 e. The van der Waals surface area contributed by atoms with Crippen molar-refractivity contribution in [1.29, 1.82) is 0 Å². The van der Waals surface area contributed by atoms with Crippen LogP contribution >= 0.6 is 0 Å². The molecule has 2 heterocycles. The molecule has 5 rings (SSSR count). The molecule has 1 unspecified atom stereocenters. The second kappa shape index (κ2) is 8.62. The van der Waals surface area contributed by atoms with Gasteiger partial charge in [-0.05, 0) is 30.7 Å². The number of fused-ring (bicyclic) bond motifs is 1. The van der Waals surface area contributed by atoms with Crippen molar-refractivity contribution in [1.82, 2.24) is 19.5 Å². The van der Waals surface area contributed by atoms with Crippen molar-refractivity contribution in [2.75, 3.05) is 5.32 Å². The minimum Gasteiger partial charge on any atom is -0.348 e. The normalized spacial score (nSPS) is 12.6. The van der Waals surface area contributed by atoms with E-state index in [9.17, 15) is 13.2 Å². The van der Waals surface area contributed by atoms with Gasteiger partial charge in [-0.25, -0.2) is 9.97 Å². The van der Waals surface area contributed by atoms with E-state index in [2.05, 4.69) is 20.3 Å².